The molecule has 2 rings (SSSR count). The first-order valence-corrected chi connectivity index (χ1v) is 8.14. The van der Waals surface area contributed by atoms with Gasteiger partial charge in [0.25, 0.3) is 0 Å². The molecule has 1 aliphatic heterocycles. The first kappa shape index (κ1) is 14.8. The van der Waals surface area contributed by atoms with Gasteiger partial charge >= 0.3 is 0 Å². The second kappa shape index (κ2) is 5.79. The highest BCUT2D eigenvalue weighted by atomic mass is 35.5. The van der Waals surface area contributed by atoms with E-state index in [-0.39, 0.29) is 11.0 Å². The minimum absolute atomic E-state index is 0.0107. The van der Waals surface area contributed by atoms with Crippen molar-refractivity contribution in [3.05, 3.63) is 28.3 Å². The zero-order valence-electron chi connectivity index (χ0n) is 11.1. The van der Waals surface area contributed by atoms with Crippen LogP contribution in [0.4, 0.5) is 0 Å². The van der Waals surface area contributed by atoms with Crippen molar-refractivity contribution >= 4 is 21.6 Å². The molecule has 0 saturated carbocycles. The molecule has 1 N–H and O–H groups in total. The number of ether oxygens (including phenoxy) is 1. The number of sulfonamides is 1. The van der Waals surface area contributed by atoms with Gasteiger partial charge in [0, 0.05) is 18.2 Å². The van der Waals surface area contributed by atoms with Crippen LogP contribution in [-0.4, -0.2) is 27.7 Å². The van der Waals surface area contributed by atoms with E-state index in [0.29, 0.717) is 23.7 Å². The molecule has 0 unspecified atom stereocenters. The Balaban J connectivity index is 2.16. The maximum atomic E-state index is 12.3. The van der Waals surface area contributed by atoms with Gasteiger partial charge in [-0.1, -0.05) is 11.6 Å². The van der Waals surface area contributed by atoms with Crippen LogP contribution in [0, 0.1) is 13.8 Å². The molecule has 106 valence electrons. The Morgan fingerprint density at radius 2 is 2.11 bits per heavy atom. The highest BCUT2D eigenvalue weighted by Gasteiger charge is 2.22. The van der Waals surface area contributed by atoms with Crippen LogP contribution in [0.2, 0.25) is 5.02 Å². The van der Waals surface area contributed by atoms with Crippen molar-refractivity contribution in [3.8, 4) is 0 Å². The van der Waals surface area contributed by atoms with E-state index in [1.165, 1.54) is 0 Å². The van der Waals surface area contributed by atoms with Gasteiger partial charge in [-0.05, 0) is 49.9 Å². The predicted molar refractivity (Wildman–Crippen MR) is 75.1 cm³/mol. The van der Waals surface area contributed by atoms with Gasteiger partial charge < -0.3 is 4.74 Å². The Bertz CT molecular complexity index is 565. The van der Waals surface area contributed by atoms with Crippen LogP contribution in [0.3, 0.4) is 0 Å². The lowest BCUT2D eigenvalue weighted by atomic mass is 10.2. The fraction of sp³-hybridized carbons (Fsp3) is 0.538. The summed E-state index contributed by atoms with van der Waals surface area (Å²) in [6, 6.07) is 3.28. The van der Waals surface area contributed by atoms with Crippen molar-refractivity contribution < 1.29 is 13.2 Å². The normalized spacial score (nSPS) is 19.8. The highest BCUT2D eigenvalue weighted by molar-refractivity contribution is 7.89. The number of aryl methyl sites for hydroxylation is 2. The molecule has 0 bridgehead atoms. The van der Waals surface area contributed by atoms with Crippen LogP contribution in [0.25, 0.3) is 0 Å². The summed E-state index contributed by atoms with van der Waals surface area (Å²) in [6.07, 6.45) is 1.88. The van der Waals surface area contributed by atoms with Crippen LogP contribution >= 0.6 is 11.6 Å². The standard InChI is InChI=1S/C13H18ClNO3S/c1-9-7-13(10(2)6-12(9)14)19(16,17)15-8-11-4-3-5-18-11/h6-7,11,15H,3-5,8H2,1-2H3/t11-/m1/s1. The SMILES string of the molecule is Cc1cc(S(=O)(=O)NC[C@H]2CCCO2)c(C)cc1Cl. The summed E-state index contributed by atoms with van der Waals surface area (Å²) in [6.45, 7) is 4.57. The van der Waals surface area contributed by atoms with E-state index in [9.17, 15) is 8.42 Å². The Hall–Kier alpha value is -0.620. The predicted octanol–water partition coefficient (Wildman–Crippen LogP) is 2.41. The molecular weight excluding hydrogens is 286 g/mol. The smallest absolute Gasteiger partial charge is 0.240 e. The summed E-state index contributed by atoms with van der Waals surface area (Å²) in [5.41, 5.74) is 1.40. The molecule has 0 radical (unpaired) electrons. The monoisotopic (exact) mass is 303 g/mol. The summed E-state index contributed by atoms with van der Waals surface area (Å²) >= 11 is 5.98. The average molecular weight is 304 g/mol. The van der Waals surface area contributed by atoms with Gasteiger partial charge in [-0.3, -0.25) is 0 Å². The minimum atomic E-state index is -3.51. The van der Waals surface area contributed by atoms with Crippen LogP contribution in [0.5, 0.6) is 0 Å². The minimum Gasteiger partial charge on any atom is -0.377 e. The van der Waals surface area contributed by atoms with Crippen molar-refractivity contribution in [1.29, 1.82) is 0 Å². The van der Waals surface area contributed by atoms with Gasteiger partial charge in [0.2, 0.25) is 10.0 Å². The molecule has 19 heavy (non-hydrogen) atoms. The molecule has 0 aromatic heterocycles. The Kier molecular flexibility index (Phi) is 4.50. The largest absolute Gasteiger partial charge is 0.377 e. The summed E-state index contributed by atoms with van der Waals surface area (Å²) in [5, 5.41) is 0.579. The van der Waals surface area contributed by atoms with Crippen LogP contribution in [0.1, 0.15) is 24.0 Å². The van der Waals surface area contributed by atoms with Crippen molar-refractivity contribution in [2.45, 2.75) is 37.7 Å². The zero-order valence-corrected chi connectivity index (χ0v) is 12.6. The number of hydrogen-bond donors (Lipinski definition) is 1. The maximum Gasteiger partial charge on any atom is 0.240 e. The third kappa shape index (κ3) is 3.48. The summed E-state index contributed by atoms with van der Waals surface area (Å²) in [5.74, 6) is 0. The van der Waals surface area contributed by atoms with E-state index >= 15 is 0 Å². The molecule has 1 aromatic rings. The molecule has 1 fully saturated rings. The molecular formula is C13H18ClNO3S. The van der Waals surface area contributed by atoms with Crippen LogP contribution in [-0.2, 0) is 14.8 Å². The summed E-state index contributed by atoms with van der Waals surface area (Å²) in [7, 11) is -3.51. The van der Waals surface area contributed by atoms with Gasteiger partial charge in [-0.25, -0.2) is 13.1 Å². The van der Waals surface area contributed by atoms with Gasteiger partial charge in [-0.2, -0.15) is 0 Å². The average Bonchev–Trinajstić information content (AvgIpc) is 2.84. The molecule has 6 heteroatoms. The van der Waals surface area contributed by atoms with Crippen molar-refractivity contribution in [3.63, 3.8) is 0 Å². The number of hydrogen-bond acceptors (Lipinski definition) is 3. The van der Waals surface area contributed by atoms with Crippen LogP contribution < -0.4 is 4.72 Å². The summed E-state index contributed by atoms with van der Waals surface area (Å²) in [4.78, 5) is 0.285. The molecule has 0 aliphatic carbocycles. The Labute approximate surface area is 119 Å². The topological polar surface area (TPSA) is 55.4 Å². The van der Waals surface area contributed by atoms with E-state index in [2.05, 4.69) is 4.72 Å². The van der Waals surface area contributed by atoms with E-state index in [0.717, 1.165) is 18.4 Å². The molecule has 1 atom stereocenters. The van der Waals surface area contributed by atoms with Gasteiger partial charge in [0.05, 0.1) is 11.0 Å². The lowest BCUT2D eigenvalue weighted by Gasteiger charge is -2.13. The van der Waals surface area contributed by atoms with Crippen molar-refractivity contribution in [1.82, 2.24) is 4.72 Å². The summed E-state index contributed by atoms with van der Waals surface area (Å²) < 4.78 is 32.5. The fourth-order valence-electron chi connectivity index (χ4n) is 2.13. The van der Waals surface area contributed by atoms with Crippen molar-refractivity contribution in [2.24, 2.45) is 0 Å². The lowest BCUT2D eigenvalue weighted by Crippen LogP contribution is -2.32. The van der Waals surface area contributed by atoms with Crippen molar-refractivity contribution in [2.75, 3.05) is 13.2 Å². The molecule has 0 spiro atoms. The van der Waals surface area contributed by atoms with E-state index in [4.69, 9.17) is 16.3 Å². The molecule has 0 amide bonds. The molecule has 1 aromatic carbocycles. The first-order valence-electron chi connectivity index (χ1n) is 6.28. The highest BCUT2D eigenvalue weighted by Crippen LogP contribution is 2.24. The van der Waals surface area contributed by atoms with E-state index < -0.39 is 10.0 Å². The number of rotatable bonds is 4. The molecule has 4 nitrogen and oxygen atoms in total. The number of benzene rings is 1. The third-order valence-electron chi connectivity index (χ3n) is 3.27. The Morgan fingerprint density at radius 3 is 2.74 bits per heavy atom. The van der Waals surface area contributed by atoms with Crippen LogP contribution in [0.15, 0.2) is 17.0 Å². The van der Waals surface area contributed by atoms with E-state index in [1.54, 1.807) is 26.0 Å². The van der Waals surface area contributed by atoms with E-state index in [1.807, 2.05) is 0 Å². The third-order valence-corrected chi connectivity index (χ3v) is 5.24. The molecule has 1 aliphatic rings. The number of nitrogens with one attached hydrogen (secondary N) is 1. The second-order valence-corrected chi connectivity index (χ2v) is 7.00. The van der Waals surface area contributed by atoms with Gasteiger partial charge in [-0.15, -0.1) is 0 Å². The fourth-order valence-corrected chi connectivity index (χ4v) is 3.72. The van der Waals surface area contributed by atoms with Gasteiger partial charge in [0.15, 0.2) is 0 Å². The quantitative estimate of drug-likeness (QED) is 0.929. The maximum absolute atomic E-state index is 12.3. The second-order valence-electron chi connectivity index (χ2n) is 4.85. The van der Waals surface area contributed by atoms with Gasteiger partial charge in [0.1, 0.15) is 0 Å². The number of halogens is 1. The lowest BCUT2D eigenvalue weighted by molar-refractivity contribution is 0.114. The zero-order chi connectivity index (χ0) is 14.0. The Morgan fingerprint density at radius 1 is 1.37 bits per heavy atom. The molecule has 1 heterocycles. The molecule has 1 saturated heterocycles. The first-order chi connectivity index (χ1) is 8.90.